The Labute approximate surface area is 132 Å². The van der Waals surface area contributed by atoms with Gasteiger partial charge < -0.3 is 19.9 Å². The van der Waals surface area contributed by atoms with Crippen LogP contribution >= 0.6 is 11.3 Å². The van der Waals surface area contributed by atoms with Crippen molar-refractivity contribution in [2.75, 3.05) is 25.6 Å². The van der Waals surface area contributed by atoms with Gasteiger partial charge >= 0.3 is 24.0 Å². The molecule has 2 N–H and O–H groups in total. The Kier molecular flexibility index (Phi) is 6.10. The van der Waals surface area contributed by atoms with Gasteiger partial charge in [-0.15, -0.1) is 11.3 Å². The molecule has 0 aromatic carbocycles. The summed E-state index contributed by atoms with van der Waals surface area (Å²) in [5.41, 5.74) is -0.686. The number of ether oxygens (including phenoxy) is 2. The molecule has 128 valence electrons. The van der Waals surface area contributed by atoms with Gasteiger partial charge in [-0.2, -0.15) is 13.2 Å². The molecule has 1 heterocycles. The summed E-state index contributed by atoms with van der Waals surface area (Å²) in [5.74, 6) is -4.83. The molecule has 0 bridgehead atoms. The van der Waals surface area contributed by atoms with Crippen LogP contribution in [-0.4, -0.2) is 49.5 Å². The molecule has 1 aromatic heterocycles. The summed E-state index contributed by atoms with van der Waals surface area (Å²) in [7, 11) is 1.37. The second-order valence-electron chi connectivity index (χ2n) is 4.15. The molecule has 1 amide bonds. The van der Waals surface area contributed by atoms with Crippen LogP contribution in [0.25, 0.3) is 0 Å². The number of hydrogen-bond acceptors (Lipinski definition) is 6. The Balaban J connectivity index is 3.12. The fourth-order valence-electron chi connectivity index (χ4n) is 1.51. The van der Waals surface area contributed by atoms with Crippen molar-refractivity contribution in [3.8, 4) is 0 Å². The number of rotatable bonds is 6. The first kappa shape index (κ1) is 18.9. The largest absolute Gasteiger partial charge is 0.478 e. The molecule has 1 rings (SSSR count). The molecule has 0 fully saturated rings. The van der Waals surface area contributed by atoms with Crippen LogP contribution in [0.1, 0.15) is 25.6 Å². The standard InChI is InChI=1S/C12H12F3NO6S/c1-5-6(9(17)18)8(16-11(20)12(13,14)15)23-7(5)10(19)22-4-3-21-2/h3-4H2,1-2H3,(H,16,20)(H,17,18). The van der Waals surface area contributed by atoms with E-state index in [0.29, 0.717) is 11.3 Å². The number of carbonyl (C=O) groups is 3. The molecule has 7 nitrogen and oxygen atoms in total. The van der Waals surface area contributed by atoms with Crippen LogP contribution in [0.3, 0.4) is 0 Å². The van der Waals surface area contributed by atoms with Crippen molar-refractivity contribution in [1.82, 2.24) is 0 Å². The number of nitrogens with one attached hydrogen (secondary N) is 1. The first-order chi connectivity index (χ1) is 10.6. The Hall–Kier alpha value is -2.14. The summed E-state index contributed by atoms with van der Waals surface area (Å²) in [6.45, 7) is 1.22. The van der Waals surface area contributed by atoms with E-state index >= 15 is 0 Å². The Morgan fingerprint density at radius 2 is 1.87 bits per heavy atom. The first-order valence-electron chi connectivity index (χ1n) is 6.00. The third-order valence-corrected chi connectivity index (χ3v) is 3.74. The van der Waals surface area contributed by atoms with Crippen molar-refractivity contribution in [3.63, 3.8) is 0 Å². The van der Waals surface area contributed by atoms with E-state index in [4.69, 9.17) is 9.84 Å². The highest BCUT2D eigenvalue weighted by Crippen LogP contribution is 2.34. The summed E-state index contributed by atoms with van der Waals surface area (Å²) >= 11 is 0.397. The SMILES string of the molecule is COCCOC(=O)c1sc(NC(=O)C(F)(F)F)c(C(=O)O)c1C. The highest BCUT2D eigenvalue weighted by Gasteiger charge is 2.40. The molecule has 0 aliphatic heterocycles. The molecule has 0 aliphatic rings. The van der Waals surface area contributed by atoms with E-state index in [1.54, 1.807) is 0 Å². The van der Waals surface area contributed by atoms with Gasteiger partial charge in [-0.1, -0.05) is 0 Å². The normalized spacial score (nSPS) is 11.2. The van der Waals surface area contributed by atoms with E-state index in [-0.39, 0.29) is 23.7 Å². The van der Waals surface area contributed by atoms with Gasteiger partial charge in [0.1, 0.15) is 16.5 Å². The summed E-state index contributed by atoms with van der Waals surface area (Å²) in [4.78, 5) is 33.7. The number of anilines is 1. The van der Waals surface area contributed by atoms with Crippen molar-refractivity contribution >= 4 is 34.2 Å². The van der Waals surface area contributed by atoms with Gasteiger partial charge in [0.2, 0.25) is 0 Å². The van der Waals surface area contributed by atoms with Crippen molar-refractivity contribution in [2.45, 2.75) is 13.1 Å². The van der Waals surface area contributed by atoms with Crippen LogP contribution in [0, 0.1) is 6.92 Å². The third-order valence-electron chi connectivity index (χ3n) is 2.55. The Bertz CT molecular complexity index is 625. The van der Waals surface area contributed by atoms with Gasteiger partial charge in [0, 0.05) is 7.11 Å². The zero-order valence-corrected chi connectivity index (χ0v) is 12.8. The molecule has 0 spiro atoms. The van der Waals surface area contributed by atoms with Crippen LogP contribution in [0.2, 0.25) is 0 Å². The minimum absolute atomic E-state index is 0.0950. The molecule has 0 atom stereocenters. The maximum Gasteiger partial charge on any atom is 0.471 e. The number of hydrogen-bond donors (Lipinski definition) is 2. The lowest BCUT2D eigenvalue weighted by Crippen LogP contribution is -2.30. The molecule has 0 aliphatic carbocycles. The minimum atomic E-state index is -5.19. The lowest BCUT2D eigenvalue weighted by molar-refractivity contribution is -0.167. The lowest BCUT2D eigenvalue weighted by Gasteiger charge is -2.06. The smallest absolute Gasteiger partial charge is 0.471 e. The van der Waals surface area contributed by atoms with Crippen LogP contribution in [-0.2, 0) is 14.3 Å². The minimum Gasteiger partial charge on any atom is -0.478 e. The van der Waals surface area contributed by atoms with E-state index in [2.05, 4.69) is 4.74 Å². The maximum atomic E-state index is 12.3. The van der Waals surface area contributed by atoms with Crippen LogP contribution in [0.5, 0.6) is 0 Å². The van der Waals surface area contributed by atoms with E-state index in [0.717, 1.165) is 0 Å². The van der Waals surface area contributed by atoms with Crippen molar-refractivity contribution in [3.05, 3.63) is 16.0 Å². The summed E-state index contributed by atoms with van der Waals surface area (Å²) in [6, 6.07) is 0. The highest BCUT2D eigenvalue weighted by atomic mass is 32.1. The predicted molar refractivity (Wildman–Crippen MR) is 72.9 cm³/mol. The predicted octanol–water partition coefficient (Wildman–Crippen LogP) is 2.06. The zero-order valence-electron chi connectivity index (χ0n) is 11.9. The van der Waals surface area contributed by atoms with Gasteiger partial charge in [-0.25, -0.2) is 9.59 Å². The van der Waals surface area contributed by atoms with E-state index < -0.39 is 34.6 Å². The van der Waals surface area contributed by atoms with Crippen molar-refractivity contribution < 1.29 is 42.1 Å². The van der Waals surface area contributed by atoms with Crippen LogP contribution in [0.15, 0.2) is 0 Å². The zero-order chi connectivity index (χ0) is 17.8. The number of amides is 1. The molecular formula is C12H12F3NO6S. The van der Waals surface area contributed by atoms with E-state index in [9.17, 15) is 27.6 Å². The van der Waals surface area contributed by atoms with E-state index in [1.165, 1.54) is 19.4 Å². The molecule has 11 heteroatoms. The summed E-state index contributed by atoms with van der Waals surface area (Å²) in [6.07, 6.45) is -5.19. The average molecular weight is 355 g/mol. The fourth-order valence-corrected chi connectivity index (χ4v) is 2.60. The van der Waals surface area contributed by atoms with Gasteiger partial charge in [0.25, 0.3) is 0 Å². The van der Waals surface area contributed by atoms with Gasteiger partial charge in [-0.05, 0) is 12.5 Å². The molecule has 0 unspecified atom stereocenters. The first-order valence-corrected chi connectivity index (χ1v) is 6.82. The van der Waals surface area contributed by atoms with Crippen LogP contribution < -0.4 is 5.32 Å². The van der Waals surface area contributed by atoms with Gasteiger partial charge in [0.15, 0.2) is 0 Å². The monoisotopic (exact) mass is 355 g/mol. The number of esters is 1. The number of carboxylic acids is 1. The Morgan fingerprint density at radius 3 is 2.35 bits per heavy atom. The second kappa shape index (κ2) is 7.42. The number of carboxylic acid groups (broad SMARTS) is 1. The molecule has 0 saturated carbocycles. The number of thiophene rings is 1. The summed E-state index contributed by atoms with van der Waals surface area (Å²) < 4.78 is 46.3. The lowest BCUT2D eigenvalue weighted by atomic mass is 10.1. The van der Waals surface area contributed by atoms with Gasteiger partial charge in [0.05, 0.1) is 12.2 Å². The molecule has 23 heavy (non-hydrogen) atoms. The third kappa shape index (κ3) is 4.66. The number of halogens is 3. The molecule has 0 radical (unpaired) electrons. The molecular weight excluding hydrogens is 343 g/mol. The molecule has 0 saturated heterocycles. The van der Waals surface area contributed by atoms with E-state index in [1.807, 2.05) is 0 Å². The average Bonchev–Trinajstić information content (AvgIpc) is 2.74. The fraction of sp³-hybridized carbons (Fsp3) is 0.417. The van der Waals surface area contributed by atoms with Crippen molar-refractivity contribution in [2.24, 2.45) is 0 Å². The number of carbonyl (C=O) groups excluding carboxylic acids is 2. The van der Waals surface area contributed by atoms with Gasteiger partial charge in [-0.3, -0.25) is 4.79 Å². The highest BCUT2D eigenvalue weighted by molar-refractivity contribution is 7.18. The van der Waals surface area contributed by atoms with Crippen molar-refractivity contribution in [1.29, 1.82) is 0 Å². The maximum absolute atomic E-state index is 12.3. The summed E-state index contributed by atoms with van der Waals surface area (Å²) in [5, 5.41) is 9.94. The molecule has 1 aromatic rings. The number of methoxy groups -OCH3 is 1. The quantitative estimate of drug-likeness (QED) is 0.598. The van der Waals surface area contributed by atoms with Crippen LogP contribution in [0.4, 0.5) is 18.2 Å². The topological polar surface area (TPSA) is 102 Å². The number of alkyl halides is 3. The Morgan fingerprint density at radius 1 is 1.26 bits per heavy atom. The number of aromatic carboxylic acids is 1. The second-order valence-corrected chi connectivity index (χ2v) is 5.17.